The van der Waals surface area contributed by atoms with E-state index in [1.807, 2.05) is 6.92 Å². The molecule has 0 aromatic carbocycles. The summed E-state index contributed by atoms with van der Waals surface area (Å²) in [7, 11) is 0. The number of rotatable bonds is 3. The van der Waals surface area contributed by atoms with E-state index in [1.165, 1.54) is 0 Å². The van der Waals surface area contributed by atoms with Crippen LogP contribution in [0.25, 0.3) is 0 Å². The lowest BCUT2D eigenvalue weighted by atomic mass is 9.77. The largest absolute Gasteiger partial charge is 0.481 e. The average molecular weight is 226 g/mol. The van der Waals surface area contributed by atoms with Crippen molar-refractivity contribution < 1.29 is 14.7 Å². The Bertz CT molecular complexity index is 306. The highest BCUT2D eigenvalue weighted by atomic mass is 16.4. The second kappa shape index (κ2) is 4.41. The van der Waals surface area contributed by atoms with Gasteiger partial charge in [-0.25, -0.2) is 0 Å². The van der Waals surface area contributed by atoms with Gasteiger partial charge < -0.3 is 10.4 Å². The number of carboxylic acids is 1. The molecule has 1 saturated carbocycles. The molecule has 1 saturated heterocycles. The van der Waals surface area contributed by atoms with Crippen LogP contribution >= 0.6 is 0 Å². The summed E-state index contributed by atoms with van der Waals surface area (Å²) in [6.45, 7) is 3.38. The summed E-state index contributed by atoms with van der Waals surface area (Å²) in [5.41, 5.74) is 0. The SMILES string of the molecule is CCC1C(=O)NCCN1C1CCC1C(=O)O. The lowest BCUT2D eigenvalue weighted by Gasteiger charge is -2.47. The molecule has 0 radical (unpaired) electrons. The molecule has 0 aromatic rings. The molecule has 5 heteroatoms. The Morgan fingerprint density at radius 3 is 2.81 bits per heavy atom. The van der Waals surface area contributed by atoms with Gasteiger partial charge in [0.15, 0.2) is 0 Å². The van der Waals surface area contributed by atoms with Gasteiger partial charge in [-0.15, -0.1) is 0 Å². The van der Waals surface area contributed by atoms with Crippen LogP contribution in [0, 0.1) is 5.92 Å². The van der Waals surface area contributed by atoms with Gasteiger partial charge in [0, 0.05) is 19.1 Å². The zero-order chi connectivity index (χ0) is 11.7. The summed E-state index contributed by atoms with van der Waals surface area (Å²) < 4.78 is 0. The first-order valence-corrected chi connectivity index (χ1v) is 5.91. The highest BCUT2D eigenvalue weighted by Gasteiger charge is 2.44. The first kappa shape index (κ1) is 11.4. The van der Waals surface area contributed by atoms with Gasteiger partial charge >= 0.3 is 5.97 Å². The number of hydrogen-bond donors (Lipinski definition) is 2. The van der Waals surface area contributed by atoms with Crippen LogP contribution < -0.4 is 5.32 Å². The zero-order valence-corrected chi connectivity index (χ0v) is 9.48. The maximum absolute atomic E-state index is 11.7. The van der Waals surface area contributed by atoms with Gasteiger partial charge in [-0.2, -0.15) is 0 Å². The number of carbonyl (C=O) groups excluding carboxylic acids is 1. The van der Waals surface area contributed by atoms with Crippen molar-refractivity contribution in [3.63, 3.8) is 0 Å². The van der Waals surface area contributed by atoms with Crippen molar-refractivity contribution in [2.45, 2.75) is 38.3 Å². The molecule has 1 aliphatic carbocycles. The van der Waals surface area contributed by atoms with E-state index in [-0.39, 0.29) is 23.9 Å². The van der Waals surface area contributed by atoms with Gasteiger partial charge in [-0.3, -0.25) is 14.5 Å². The van der Waals surface area contributed by atoms with Crippen molar-refractivity contribution in [1.29, 1.82) is 0 Å². The summed E-state index contributed by atoms with van der Waals surface area (Å²) in [5.74, 6) is -0.957. The minimum atomic E-state index is -0.725. The number of amides is 1. The summed E-state index contributed by atoms with van der Waals surface area (Å²) in [4.78, 5) is 24.7. The highest BCUT2D eigenvalue weighted by Crippen LogP contribution is 2.34. The van der Waals surface area contributed by atoms with E-state index in [0.29, 0.717) is 6.54 Å². The first-order chi connectivity index (χ1) is 7.65. The monoisotopic (exact) mass is 226 g/mol. The highest BCUT2D eigenvalue weighted by molar-refractivity contribution is 5.82. The predicted molar refractivity (Wildman–Crippen MR) is 57.9 cm³/mol. The topological polar surface area (TPSA) is 69.6 Å². The fourth-order valence-electron chi connectivity index (χ4n) is 2.72. The zero-order valence-electron chi connectivity index (χ0n) is 9.48. The molecule has 3 unspecified atom stereocenters. The lowest BCUT2D eigenvalue weighted by Crippen LogP contribution is -2.62. The number of piperazine rings is 1. The Labute approximate surface area is 94.8 Å². The Morgan fingerprint density at radius 2 is 2.31 bits per heavy atom. The van der Waals surface area contributed by atoms with Crippen LogP contribution in [0.5, 0.6) is 0 Å². The molecular formula is C11H18N2O3. The molecule has 0 spiro atoms. The fourth-order valence-corrected chi connectivity index (χ4v) is 2.72. The van der Waals surface area contributed by atoms with Crippen molar-refractivity contribution in [2.75, 3.05) is 13.1 Å². The number of carbonyl (C=O) groups is 2. The summed E-state index contributed by atoms with van der Waals surface area (Å²) in [5, 5.41) is 11.9. The Kier molecular flexibility index (Phi) is 3.14. The lowest BCUT2D eigenvalue weighted by molar-refractivity contribution is -0.152. The third-order valence-electron chi connectivity index (χ3n) is 3.74. The molecular weight excluding hydrogens is 208 g/mol. The molecule has 2 aliphatic rings. The van der Waals surface area contributed by atoms with Crippen molar-refractivity contribution in [3.05, 3.63) is 0 Å². The molecule has 16 heavy (non-hydrogen) atoms. The number of nitrogens with zero attached hydrogens (tertiary/aromatic N) is 1. The van der Waals surface area contributed by atoms with E-state index < -0.39 is 5.97 Å². The van der Waals surface area contributed by atoms with E-state index >= 15 is 0 Å². The molecule has 2 rings (SSSR count). The van der Waals surface area contributed by atoms with Gasteiger partial charge in [0.2, 0.25) is 5.91 Å². The minimum absolute atomic E-state index is 0.0461. The summed E-state index contributed by atoms with van der Waals surface area (Å²) in [6.07, 6.45) is 2.39. The summed E-state index contributed by atoms with van der Waals surface area (Å²) >= 11 is 0. The van der Waals surface area contributed by atoms with E-state index in [1.54, 1.807) is 0 Å². The molecule has 1 amide bonds. The van der Waals surface area contributed by atoms with Gasteiger partial charge in [0.1, 0.15) is 0 Å². The van der Waals surface area contributed by atoms with E-state index in [2.05, 4.69) is 10.2 Å². The van der Waals surface area contributed by atoms with Gasteiger partial charge in [-0.05, 0) is 19.3 Å². The predicted octanol–water partition coefficient (Wildman–Crippen LogP) is 0.0600. The van der Waals surface area contributed by atoms with Crippen molar-refractivity contribution in [3.8, 4) is 0 Å². The molecule has 2 fully saturated rings. The van der Waals surface area contributed by atoms with Crippen LogP contribution in [0.3, 0.4) is 0 Å². The first-order valence-electron chi connectivity index (χ1n) is 5.91. The Morgan fingerprint density at radius 1 is 1.56 bits per heavy atom. The third-order valence-corrected chi connectivity index (χ3v) is 3.74. The number of aliphatic carboxylic acids is 1. The Balaban J connectivity index is 2.07. The van der Waals surface area contributed by atoms with Crippen molar-refractivity contribution >= 4 is 11.9 Å². The quantitative estimate of drug-likeness (QED) is 0.714. The van der Waals surface area contributed by atoms with Crippen LogP contribution in [0.15, 0.2) is 0 Å². The minimum Gasteiger partial charge on any atom is -0.481 e. The fraction of sp³-hybridized carbons (Fsp3) is 0.818. The van der Waals surface area contributed by atoms with Gasteiger partial charge in [-0.1, -0.05) is 6.92 Å². The second-order valence-electron chi connectivity index (χ2n) is 4.54. The molecule has 2 N–H and O–H groups in total. The molecule has 3 atom stereocenters. The van der Waals surface area contributed by atoms with Crippen LogP contribution in [-0.2, 0) is 9.59 Å². The smallest absolute Gasteiger partial charge is 0.308 e. The van der Waals surface area contributed by atoms with E-state index in [4.69, 9.17) is 5.11 Å². The van der Waals surface area contributed by atoms with E-state index in [0.717, 1.165) is 25.8 Å². The standard InChI is InChI=1S/C11H18N2O3/c1-2-8-10(14)12-5-6-13(8)9-4-3-7(9)11(15)16/h7-9H,2-6H2,1H3,(H,12,14)(H,15,16). The third kappa shape index (κ3) is 1.80. The summed E-state index contributed by atoms with van der Waals surface area (Å²) in [6, 6.07) is -0.0746. The van der Waals surface area contributed by atoms with Crippen molar-refractivity contribution in [2.24, 2.45) is 5.92 Å². The molecule has 1 aliphatic heterocycles. The average Bonchev–Trinajstić information content (AvgIpc) is 2.15. The molecule has 0 aromatic heterocycles. The maximum Gasteiger partial charge on any atom is 0.308 e. The normalized spacial score (nSPS) is 35.3. The van der Waals surface area contributed by atoms with E-state index in [9.17, 15) is 9.59 Å². The number of nitrogens with one attached hydrogen (secondary N) is 1. The maximum atomic E-state index is 11.7. The molecule has 5 nitrogen and oxygen atoms in total. The molecule has 1 heterocycles. The van der Waals surface area contributed by atoms with Crippen LogP contribution in [0.1, 0.15) is 26.2 Å². The molecule has 0 bridgehead atoms. The number of hydrogen-bond acceptors (Lipinski definition) is 3. The van der Waals surface area contributed by atoms with Crippen LogP contribution in [0.2, 0.25) is 0 Å². The molecule has 90 valence electrons. The second-order valence-corrected chi connectivity index (χ2v) is 4.54. The van der Waals surface area contributed by atoms with Crippen LogP contribution in [-0.4, -0.2) is 47.1 Å². The van der Waals surface area contributed by atoms with Gasteiger partial charge in [0.25, 0.3) is 0 Å². The Hall–Kier alpha value is -1.10. The van der Waals surface area contributed by atoms with Crippen LogP contribution in [0.4, 0.5) is 0 Å². The number of carboxylic acid groups (broad SMARTS) is 1. The van der Waals surface area contributed by atoms with Crippen molar-refractivity contribution in [1.82, 2.24) is 10.2 Å². The van der Waals surface area contributed by atoms with Gasteiger partial charge in [0.05, 0.1) is 12.0 Å².